The summed E-state index contributed by atoms with van der Waals surface area (Å²) in [5, 5.41) is 5.41. The average molecular weight is 392 g/mol. The van der Waals surface area contributed by atoms with Crippen LogP contribution in [0.3, 0.4) is 0 Å². The molecule has 8 heteroatoms. The predicted molar refractivity (Wildman–Crippen MR) is 108 cm³/mol. The van der Waals surface area contributed by atoms with Crippen LogP contribution in [0.15, 0.2) is 36.4 Å². The fourth-order valence-electron chi connectivity index (χ4n) is 3.97. The molecule has 5 rings (SSSR count). The van der Waals surface area contributed by atoms with Crippen LogP contribution < -0.4 is 10.5 Å². The Labute approximate surface area is 166 Å². The fourth-order valence-corrected chi connectivity index (χ4v) is 3.97. The number of halogens is 1. The number of para-hydroxylation sites is 1. The number of hydrogen-bond acceptors (Lipinski definition) is 6. The summed E-state index contributed by atoms with van der Waals surface area (Å²) >= 11 is 0. The number of ether oxygens (including phenoxy) is 1. The highest BCUT2D eigenvalue weighted by molar-refractivity contribution is 5.95. The van der Waals surface area contributed by atoms with Crippen LogP contribution in [0.1, 0.15) is 17.0 Å². The zero-order valence-electron chi connectivity index (χ0n) is 16.1. The molecule has 0 bridgehead atoms. The molecule has 1 aliphatic heterocycles. The van der Waals surface area contributed by atoms with E-state index in [4.69, 9.17) is 15.5 Å². The molecule has 148 valence electrons. The Kier molecular flexibility index (Phi) is 4.28. The Hall–Kier alpha value is -3.26. The quantitative estimate of drug-likeness (QED) is 0.575. The molecule has 2 N–H and O–H groups in total. The van der Waals surface area contributed by atoms with Gasteiger partial charge in [-0.25, -0.2) is 14.4 Å². The zero-order chi connectivity index (χ0) is 20.0. The van der Waals surface area contributed by atoms with E-state index in [1.807, 2.05) is 24.3 Å². The highest BCUT2D eigenvalue weighted by Gasteiger charge is 2.18. The largest absolute Gasteiger partial charge is 0.494 e. The third-order valence-corrected chi connectivity index (χ3v) is 5.47. The van der Waals surface area contributed by atoms with Crippen LogP contribution in [-0.4, -0.2) is 44.7 Å². The van der Waals surface area contributed by atoms with Crippen molar-refractivity contribution >= 4 is 22.5 Å². The summed E-state index contributed by atoms with van der Waals surface area (Å²) in [4.78, 5) is 11.5. The smallest absolute Gasteiger partial charge is 0.223 e. The highest BCUT2D eigenvalue weighted by atomic mass is 19.1. The van der Waals surface area contributed by atoms with Gasteiger partial charge in [0, 0.05) is 31.4 Å². The molecule has 4 aromatic rings. The minimum atomic E-state index is -0.166. The molecular weight excluding hydrogens is 371 g/mol. The molecular formula is C21H21FN6O. The van der Waals surface area contributed by atoms with Crippen molar-refractivity contribution in [2.75, 3.05) is 25.9 Å². The van der Waals surface area contributed by atoms with E-state index in [1.165, 1.54) is 11.6 Å². The number of rotatable bonds is 4. The zero-order valence-corrected chi connectivity index (χ0v) is 16.1. The Morgan fingerprint density at radius 3 is 2.93 bits per heavy atom. The molecule has 0 radical (unpaired) electrons. The first-order valence-electron chi connectivity index (χ1n) is 9.60. The second kappa shape index (κ2) is 6.97. The monoisotopic (exact) mass is 392 g/mol. The molecule has 0 spiro atoms. The first kappa shape index (κ1) is 17.8. The van der Waals surface area contributed by atoms with Crippen molar-refractivity contribution in [3.8, 4) is 5.75 Å². The maximum Gasteiger partial charge on any atom is 0.223 e. The summed E-state index contributed by atoms with van der Waals surface area (Å²) in [5.74, 6) is 1.49. The van der Waals surface area contributed by atoms with Crippen molar-refractivity contribution in [2.24, 2.45) is 0 Å². The maximum atomic E-state index is 13.4. The van der Waals surface area contributed by atoms with Gasteiger partial charge in [-0.15, -0.1) is 5.10 Å². The Bertz CT molecular complexity index is 1220. The van der Waals surface area contributed by atoms with Crippen LogP contribution in [0, 0.1) is 5.82 Å². The van der Waals surface area contributed by atoms with Crippen LogP contribution in [0.2, 0.25) is 0 Å². The highest BCUT2D eigenvalue weighted by Crippen LogP contribution is 2.27. The third-order valence-electron chi connectivity index (χ3n) is 5.47. The van der Waals surface area contributed by atoms with E-state index >= 15 is 0 Å². The summed E-state index contributed by atoms with van der Waals surface area (Å²) < 4.78 is 20.4. The number of nitrogens with zero attached hydrogens (tertiary/aromatic N) is 5. The number of benzene rings is 2. The Morgan fingerprint density at radius 1 is 1.17 bits per heavy atom. The lowest BCUT2D eigenvalue weighted by Crippen LogP contribution is -2.32. The van der Waals surface area contributed by atoms with Crippen LogP contribution in [0.5, 0.6) is 5.75 Å². The van der Waals surface area contributed by atoms with Gasteiger partial charge in [-0.05, 0) is 41.8 Å². The molecule has 0 amide bonds. The van der Waals surface area contributed by atoms with Gasteiger partial charge in [0.05, 0.1) is 7.11 Å². The van der Waals surface area contributed by atoms with Gasteiger partial charge in [-0.2, -0.15) is 4.52 Å². The second-order valence-corrected chi connectivity index (χ2v) is 7.28. The molecule has 0 atom stereocenters. The van der Waals surface area contributed by atoms with E-state index in [2.05, 4.69) is 15.0 Å². The van der Waals surface area contributed by atoms with Crippen LogP contribution in [0.25, 0.3) is 16.6 Å². The number of fused-ring (bicyclic) bond motifs is 4. The maximum absolute atomic E-state index is 13.4. The second-order valence-electron chi connectivity index (χ2n) is 7.28. The molecule has 0 unspecified atom stereocenters. The average Bonchev–Trinajstić information content (AvgIpc) is 3.17. The van der Waals surface area contributed by atoms with Crippen molar-refractivity contribution in [1.29, 1.82) is 0 Å². The minimum absolute atomic E-state index is 0.166. The Morgan fingerprint density at radius 2 is 2.07 bits per heavy atom. The number of nitrogen functional groups attached to an aromatic ring is 1. The van der Waals surface area contributed by atoms with E-state index in [-0.39, 0.29) is 11.8 Å². The van der Waals surface area contributed by atoms with Crippen LogP contribution in [-0.2, 0) is 19.4 Å². The number of aromatic nitrogens is 4. The van der Waals surface area contributed by atoms with E-state index in [1.54, 1.807) is 17.7 Å². The minimum Gasteiger partial charge on any atom is -0.494 e. The molecule has 2 aromatic heterocycles. The van der Waals surface area contributed by atoms with Gasteiger partial charge >= 0.3 is 0 Å². The first-order chi connectivity index (χ1) is 14.1. The van der Waals surface area contributed by atoms with Crippen molar-refractivity contribution < 1.29 is 9.13 Å². The normalized spacial score (nSPS) is 14.4. The van der Waals surface area contributed by atoms with Crippen molar-refractivity contribution in [1.82, 2.24) is 24.5 Å². The molecule has 3 heterocycles. The van der Waals surface area contributed by atoms with E-state index in [0.29, 0.717) is 23.3 Å². The number of anilines is 1. The van der Waals surface area contributed by atoms with Gasteiger partial charge in [-0.1, -0.05) is 12.1 Å². The van der Waals surface area contributed by atoms with Gasteiger partial charge in [-0.3, -0.25) is 4.90 Å². The summed E-state index contributed by atoms with van der Waals surface area (Å²) in [6, 6.07) is 10.8. The third kappa shape index (κ3) is 3.15. The van der Waals surface area contributed by atoms with E-state index in [9.17, 15) is 4.39 Å². The lowest BCUT2D eigenvalue weighted by atomic mass is 9.99. The summed E-state index contributed by atoms with van der Waals surface area (Å²) in [6.07, 6.45) is 1.55. The summed E-state index contributed by atoms with van der Waals surface area (Å²) in [5.41, 5.74) is 9.77. The SMILES string of the molecule is COc1cccc2c1nc(N)n1nc(CCN3CCc4cc(F)ccc4C3)nc21. The molecule has 0 fully saturated rings. The van der Waals surface area contributed by atoms with Gasteiger partial charge < -0.3 is 10.5 Å². The van der Waals surface area contributed by atoms with E-state index in [0.717, 1.165) is 42.8 Å². The molecule has 2 aromatic carbocycles. The van der Waals surface area contributed by atoms with E-state index < -0.39 is 0 Å². The summed E-state index contributed by atoms with van der Waals surface area (Å²) in [7, 11) is 1.61. The van der Waals surface area contributed by atoms with Crippen molar-refractivity contribution in [3.05, 3.63) is 59.2 Å². The van der Waals surface area contributed by atoms with Crippen molar-refractivity contribution in [2.45, 2.75) is 19.4 Å². The molecule has 1 aliphatic rings. The molecule has 0 saturated heterocycles. The molecule has 7 nitrogen and oxygen atoms in total. The fraction of sp³-hybridized carbons (Fsp3) is 0.286. The van der Waals surface area contributed by atoms with Gasteiger partial charge in [0.25, 0.3) is 0 Å². The number of nitrogens with two attached hydrogens (primary N) is 1. The van der Waals surface area contributed by atoms with Gasteiger partial charge in [0.15, 0.2) is 11.5 Å². The lowest BCUT2D eigenvalue weighted by Gasteiger charge is -2.28. The van der Waals surface area contributed by atoms with Crippen LogP contribution >= 0.6 is 0 Å². The number of hydrogen-bond donors (Lipinski definition) is 1. The standard InChI is InChI=1S/C21H21FN6O/c1-29-17-4-2-3-16-19(17)25-21(23)28-20(16)24-18(26-28)8-10-27-9-7-13-11-15(22)6-5-14(13)12-27/h2-6,11H,7-10,12H2,1H3,(H2,23,25). The van der Waals surface area contributed by atoms with Gasteiger partial charge in [0.1, 0.15) is 17.1 Å². The molecule has 29 heavy (non-hydrogen) atoms. The lowest BCUT2D eigenvalue weighted by molar-refractivity contribution is 0.255. The van der Waals surface area contributed by atoms with Crippen LogP contribution in [0.4, 0.5) is 10.3 Å². The van der Waals surface area contributed by atoms with Crippen molar-refractivity contribution in [3.63, 3.8) is 0 Å². The topological polar surface area (TPSA) is 81.6 Å². The molecule has 0 aliphatic carbocycles. The Balaban J connectivity index is 1.39. The van der Waals surface area contributed by atoms with Gasteiger partial charge in [0.2, 0.25) is 5.95 Å². The summed E-state index contributed by atoms with van der Waals surface area (Å²) in [6.45, 7) is 2.53. The number of methoxy groups -OCH3 is 1. The first-order valence-corrected chi connectivity index (χ1v) is 9.60. The predicted octanol–water partition coefficient (Wildman–Crippen LogP) is 2.61. The molecule has 0 saturated carbocycles.